The van der Waals surface area contributed by atoms with Crippen molar-refractivity contribution in [2.75, 3.05) is 16.8 Å². The lowest BCUT2D eigenvalue weighted by atomic mass is 10.0. The summed E-state index contributed by atoms with van der Waals surface area (Å²) in [6.45, 7) is 7.45. The van der Waals surface area contributed by atoms with Gasteiger partial charge in [0.05, 0.1) is 0 Å². The van der Waals surface area contributed by atoms with Gasteiger partial charge in [0.2, 0.25) is 5.91 Å². The number of aryl methyl sites for hydroxylation is 1. The zero-order valence-corrected chi connectivity index (χ0v) is 15.0. The van der Waals surface area contributed by atoms with Crippen LogP contribution in [0.2, 0.25) is 0 Å². The number of hydrogen-bond donors (Lipinski definition) is 1. The van der Waals surface area contributed by atoms with Gasteiger partial charge in [0.15, 0.2) is 5.82 Å². The third-order valence-electron chi connectivity index (χ3n) is 4.33. The summed E-state index contributed by atoms with van der Waals surface area (Å²) in [7, 11) is 0. The van der Waals surface area contributed by atoms with Crippen LogP contribution in [0.3, 0.4) is 0 Å². The molecule has 0 saturated heterocycles. The van der Waals surface area contributed by atoms with Crippen molar-refractivity contribution in [1.82, 2.24) is 9.55 Å². The highest BCUT2D eigenvalue weighted by Gasteiger charge is 2.22. The molecule has 1 amide bonds. The van der Waals surface area contributed by atoms with Crippen LogP contribution in [0.15, 0.2) is 35.4 Å². The fraction of sp³-hybridized carbons (Fsp3) is 0.421. The summed E-state index contributed by atoms with van der Waals surface area (Å²) in [4.78, 5) is 30.5. The van der Waals surface area contributed by atoms with Crippen LogP contribution in [0.1, 0.15) is 32.8 Å². The third kappa shape index (κ3) is 3.57. The Morgan fingerprint density at radius 2 is 2.04 bits per heavy atom. The number of carbonyl (C=O) groups is 1. The number of amides is 1. The van der Waals surface area contributed by atoms with E-state index in [1.807, 2.05) is 25.1 Å². The lowest BCUT2D eigenvalue weighted by Crippen LogP contribution is -2.34. The van der Waals surface area contributed by atoms with E-state index in [0.29, 0.717) is 31.2 Å². The lowest BCUT2D eigenvalue weighted by molar-refractivity contribution is -0.118. The Labute approximate surface area is 147 Å². The molecule has 0 fully saturated rings. The van der Waals surface area contributed by atoms with Gasteiger partial charge in [-0.1, -0.05) is 13.8 Å². The van der Waals surface area contributed by atoms with E-state index in [4.69, 9.17) is 0 Å². The Bertz CT molecular complexity index is 842. The van der Waals surface area contributed by atoms with E-state index in [1.165, 1.54) is 0 Å². The minimum absolute atomic E-state index is 0.126. The Kier molecular flexibility index (Phi) is 4.88. The number of aromatic nitrogens is 2. The summed E-state index contributed by atoms with van der Waals surface area (Å²) in [6, 6.07) is 5.83. The van der Waals surface area contributed by atoms with E-state index in [1.54, 1.807) is 21.9 Å². The van der Waals surface area contributed by atoms with Gasteiger partial charge in [-0.25, -0.2) is 4.98 Å². The van der Waals surface area contributed by atoms with Gasteiger partial charge in [0, 0.05) is 43.3 Å². The minimum Gasteiger partial charge on any atom is -0.336 e. The first-order valence-corrected chi connectivity index (χ1v) is 8.75. The number of hydrogen-bond acceptors (Lipinski definition) is 4. The number of benzene rings is 1. The molecule has 2 aromatic rings. The second-order valence-electron chi connectivity index (χ2n) is 6.73. The van der Waals surface area contributed by atoms with E-state index in [0.717, 1.165) is 23.4 Å². The molecule has 1 aliphatic rings. The summed E-state index contributed by atoms with van der Waals surface area (Å²) < 4.78 is 1.68. The highest BCUT2D eigenvalue weighted by molar-refractivity contribution is 5.96. The van der Waals surface area contributed by atoms with Crippen LogP contribution in [0, 0.1) is 5.92 Å². The molecule has 1 aliphatic heterocycles. The number of fused-ring (bicyclic) bond motifs is 1. The molecule has 1 N–H and O–H groups in total. The zero-order valence-electron chi connectivity index (χ0n) is 15.0. The SMILES string of the molecule is CCN1C(=O)CCc2cc(Nc3nccn(CC(C)C)c3=O)ccc21. The van der Waals surface area contributed by atoms with Gasteiger partial charge in [-0.3, -0.25) is 9.59 Å². The standard InChI is InChI=1S/C19H24N4O2/c1-4-23-16-7-6-15(11-14(16)5-8-17(23)24)21-18-19(25)22(10-9-20-18)12-13(2)3/h6-7,9-11,13H,4-5,8,12H2,1-3H3,(H,20,21). The van der Waals surface area contributed by atoms with Gasteiger partial charge >= 0.3 is 0 Å². The molecule has 0 unspecified atom stereocenters. The van der Waals surface area contributed by atoms with Crippen molar-refractivity contribution in [2.24, 2.45) is 5.92 Å². The first-order chi connectivity index (χ1) is 12.0. The van der Waals surface area contributed by atoms with Crippen molar-refractivity contribution in [2.45, 2.75) is 40.2 Å². The lowest BCUT2D eigenvalue weighted by Gasteiger charge is -2.28. The Morgan fingerprint density at radius 1 is 1.24 bits per heavy atom. The zero-order chi connectivity index (χ0) is 18.0. The normalized spacial score (nSPS) is 13.9. The Hall–Kier alpha value is -2.63. The van der Waals surface area contributed by atoms with Gasteiger partial charge in [-0.05, 0) is 43.0 Å². The van der Waals surface area contributed by atoms with Gasteiger partial charge in [-0.2, -0.15) is 0 Å². The van der Waals surface area contributed by atoms with Crippen molar-refractivity contribution < 1.29 is 4.79 Å². The molecule has 1 aromatic carbocycles. The molecule has 0 bridgehead atoms. The summed E-state index contributed by atoms with van der Waals surface area (Å²) in [5.74, 6) is 0.869. The average Bonchev–Trinajstić information content (AvgIpc) is 2.58. The smallest absolute Gasteiger partial charge is 0.293 e. The maximum atomic E-state index is 12.5. The van der Waals surface area contributed by atoms with Crippen molar-refractivity contribution in [3.63, 3.8) is 0 Å². The molecule has 0 atom stereocenters. The quantitative estimate of drug-likeness (QED) is 0.909. The van der Waals surface area contributed by atoms with Crippen LogP contribution in [0.25, 0.3) is 0 Å². The largest absolute Gasteiger partial charge is 0.336 e. The van der Waals surface area contributed by atoms with Gasteiger partial charge < -0.3 is 14.8 Å². The summed E-state index contributed by atoms with van der Waals surface area (Å²) in [5, 5.41) is 3.13. The number of carbonyl (C=O) groups excluding carboxylic acids is 1. The summed E-state index contributed by atoms with van der Waals surface area (Å²) in [5.41, 5.74) is 2.77. The minimum atomic E-state index is -0.126. The fourth-order valence-electron chi connectivity index (χ4n) is 3.19. The highest BCUT2D eigenvalue weighted by Crippen LogP contribution is 2.30. The number of nitrogens with zero attached hydrogens (tertiary/aromatic N) is 3. The van der Waals surface area contributed by atoms with E-state index >= 15 is 0 Å². The maximum Gasteiger partial charge on any atom is 0.293 e. The molecular formula is C19H24N4O2. The molecule has 2 heterocycles. The molecule has 0 radical (unpaired) electrons. The molecule has 0 spiro atoms. The molecule has 25 heavy (non-hydrogen) atoms. The van der Waals surface area contributed by atoms with E-state index < -0.39 is 0 Å². The van der Waals surface area contributed by atoms with Gasteiger partial charge in [-0.15, -0.1) is 0 Å². The molecule has 6 nitrogen and oxygen atoms in total. The fourth-order valence-corrected chi connectivity index (χ4v) is 3.19. The van der Waals surface area contributed by atoms with Crippen molar-refractivity contribution in [3.05, 3.63) is 46.5 Å². The summed E-state index contributed by atoms with van der Waals surface area (Å²) >= 11 is 0. The van der Waals surface area contributed by atoms with E-state index in [9.17, 15) is 9.59 Å². The molecule has 6 heteroatoms. The van der Waals surface area contributed by atoms with Crippen molar-refractivity contribution in [3.8, 4) is 0 Å². The first-order valence-electron chi connectivity index (χ1n) is 8.75. The molecule has 1 aromatic heterocycles. The number of rotatable bonds is 5. The molecule has 3 rings (SSSR count). The van der Waals surface area contributed by atoms with Crippen LogP contribution >= 0.6 is 0 Å². The predicted octanol–water partition coefficient (Wildman–Crippen LogP) is 2.94. The summed E-state index contributed by atoms with van der Waals surface area (Å²) in [6.07, 6.45) is 4.60. The first kappa shape index (κ1) is 17.2. The van der Waals surface area contributed by atoms with Crippen molar-refractivity contribution >= 4 is 23.1 Å². The molecule has 132 valence electrons. The Morgan fingerprint density at radius 3 is 2.76 bits per heavy atom. The van der Waals surface area contributed by atoms with Crippen LogP contribution < -0.4 is 15.8 Å². The van der Waals surface area contributed by atoms with Crippen molar-refractivity contribution in [1.29, 1.82) is 0 Å². The van der Waals surface area contributed by atoms with Crippen LogP contribution in [-0.4, -0.2) is 22.0 Å². The monoisotopic (exact) mass is 340 g/mol. The molecule has 0 saturated carbocycles. The van der Waals surface area contributed by atoms with Gasteiger partial charge in [0.1, 0.15) is 0 Å². The van der Waals surface area contributed by atoms with Crippen LogP contribution in [0.5, 0.6) is 0 Å². The number of nitrogens with one attached hydrogen (secondary N) is 1. The van der Waals surface area contributed by atoms with E-state index in [-0.39, 0.29) is 11.5 Å². The predicted molar refractivity (Wildman–Crippen MR) is 99.4 cm³/mol. The second-order valence-corrected chi connectivity index (χ2v) is 6.73. The molecular weight excluding hydrogens is 316 g/mol. The van der Waals surface area contributed by atoms with Crippen LogP contribution in [0.4, 0.5) is 17.2 Å². The topological polar surface area (TPSA) is 67.2 Å². The Balaban J connectivity index is 1.88. The second kappa shape index (κ2) is 7.09. The average molecular weight is 340 g/mol. The third-order valence-corrected chi connectivity index (χ3v) is 4.33. The van der Waals surface area contributed by atoms with Crippen LogP contribution in [-0.2, 0) is 17.8 Å². The highest BCUT2D eigenvalue weighted by atomic mass is 16.2. The van der Waals surface area contributed by atoms with Gasteiger partial charge in [0.25, 0.3) is 5.56 Å². The number of anilines is 3. The maximum absolute atomic E-state index is 12.5. The van der Waals surface area contributed by atoms with E-state index in [2.05, 4.69) is 24.1 Å². The molecule has 0 aliphatic carbocycles.